The standard InChI is InChI=1S/C5H9N/c1-2-5-3-6-4-5/h2,6H,3-4H2,1H3. The van der Waals surface area contributed by atoms with E-state index in [0.717, 1.165) is 13.1 Å². The van der Waals surface area contributed by atoms with Crippen molar-refractivity contribution in [1.29, 1.82) is 0 Å². The van der Waals surface area contributed by atoms with Gasteiger partial charge >= 0.3 is 0 Å². The van der Waals surface area contributed by atoms with Crippen molar-refractivity contribution >= 4 is 0 Å². The lowest BCUT2D eigenvalue weighted by Gasteiger charge is -2.16. The van der Waals surface area contributed by atoms with E-state index in [4.69, 9.17) is 0 Å². The Balaban J connectivity index is 2.34. The van der Waals surface area contributed by atoms with Gasteiger partial charge in [0, 0.05) is 13.1 Å². The average Bonchev–Trinajstić information content (AvgIpc) is 1.31. The molecule has 1 aliphatic rings. The third-order valence-electron chi connectivity index (χ3n) is 1.11. The Bertz CT molecular complexity index is 68.0. The minimum atomic E-state index is 1.12. The lowest BCUT2D eigenvalue weighted by atomic mass is 10.1. The van der Waals surface area contributed by atoms with Crippen LogP contribution in [0, 0.1) is 0 Å². The first-order valence-corrected chi connectivity index (χ1v) is 2.28. The summed E-state index contributed by atoms with van der Waals surface area (Å²) in [6.07, 6.45) is 2.16. The van der Waals surface area contributed by atoms with Crippen LogP contribution in [0.15, 0.2) is 11.6 Å². The Morgan fingerprint density at radius 2 is 2.33 bits per heavy atom. The van der Waals surface area contributed by atoms with Crippen molar-refractivity contribution in [3.05, 3.63) is 11.6 Å². The average molecular weight is 83.1 g/mol. The molecule has 0 radical (unpaired) electrons. The van der Waals surface area contributed by atoms with E-state index in [1.807, 2.05) is 0 Å². The minimum absolute atomic E-state index is 1.12. The van der Waals surface area contributed by atoms with Crippen LogP contribution < -0.4 is 5.32 Å². The molecule has 1 saturated heterocycles. The first-order valence-electron chi connectivity index (χ1n) is 2.28. The number of hydrogen-bond donors (Lipinski definition) is 1. The molecule has 0 saturated carbocycles. The molecule has 34 valence electrons. The second-order valence-corrected chi connectivity index (χ2v) is 1.55. The minimum Gasteiger partial charge on any atom is -0.309 e. The first kappa shape index (κ1) is 3.88. The van der Waals surface area contributed by atoms with Gasteiger partial charge in [-0.15, -0.1) is 0 Å². The van der Waals surface area contributed by atoms with Crippen LogP contribution in [-0.4, -0.2) is 13.1 Å². The van der Waals surface area contributed by atoms with Gasteiger partial charge in [0.25, 0.3) is 0 Å². The molecule has 6 heavy (non-hydrogen) atoms. The Kier molecular flexibility index (Phi) is 0.926. The van der Waals surface area contributed by atoms with E-state index in [0.29, 0.717) is 0 Å². The number of allylic oxidation sites excluding steroid dienone is 1. The van der Waals surface area contributed by atoms with Gasteiger partial charge < -0.3 is 5.32 Å². The molecule has 1 heteroatoms. The van der Waals surface area contributed by atoms with Gasteiger partial charge in [-0.1, -0.05) is 6.08 Å². The van der Waals surface area contributed by atoms with Crippen LogP contribution in [0.1, 0.15) is 6.92 Å². The van der Waals surface area contributed by atoms with Gasteiger partial charge in [-0.25, -0.2) is 0 Å². The second-order valence-electron chi connectivity index (χ2n) is 1.55. The van der Waals surface area contributed by atoms with Crippen LogP contribution in [0.25, 0.3) is 0 Å². The van der Waals surface area contributed by atoms with Crippen LogP contribution in [0.5, 0.6) is 0 Å². The molecular formula is C5H9N. The number of rotatable bonds is 0. The smallest absolute Gasteiger partial charge is 0.0180 e. The summed E-state index contributed by atoms with van der Waals surface area (Å²) in [6.45, 7) is 4.32. The predicted molar refractivity (Wildman–Crippen MR) is 26.6 cm³/mol. The van der Waals surface area contributed by atoms with Gasteiger partial charge in [-0.05, 0) is 12.5 Å². The highest BCUT2D eigenvalue weighted by molar-refractivity contribution is 5.12. The maximum atomic E-state index is 3.14. The monoisotopic (exact) mass is 83.1 g/mol. The summed E-state index contributed by atoms with van der Waals surface area (Å²) in [5, 5.41) is 3.14. The van der Waals surface area contributed by atoms with Crippen molar-refractivity contribution in [3.63, 3.8) is 0 Å². The lowest BCUT2D eigenvalue weighted by molar-refractivity contribution is 0.667. The molecular weight excluding hydrogens is 74.1 g/mol. The van der Waals surface area contributed by atoms with Gasteiger partial charge in [-0.2, -0.15) is 0 Å². The molecule has 0 unspecified atom stereocenters. The number of hydrogen-bond acceptors (Lipinski definition) is 1. The Morgan fingerprint density at radius 3 is 2.33 bits per heavy atom. The normalized spacial score (nSPS) is 19.8. The summed E-state index contributed by atoms with van der Waals surface area (Å²) in [5.74, 6) is 0. The zero-order valence-corrected chi connectivity index (χ0v) is 3.99. The summed E-state index contributed by atoms with van der Waals surface area (Å²) in [7, 11) is 0. The molecule has 1 nitrogen and oxygen atoms in total. The molecule has 1 fully saturated rings. The zero-order chi connectivity index (χ0) is 4.41. The Hall–Kier alpha value is -0.300. The van der Waals surface area contributed by atoms with Crippen molar-refractivity contribution in [2.45, 2.75) is 6.92 Å². The van der Waals surface area contributed by atoms with Crippen LogP contribution in [-0.2, 0) is 0 Å². The fourth-order valence-corrected chi connectivity index (χ4v) is 0.473. The van der Waals surface area contributed by atoms with Gasteiger partial charge in [-0.3, -0.25) is 0 Å². The highest BCUT2D eigenvalue weighted by Crippen LogP contribution is 1.97. The quantitative estimate of drug-likeness (QED) is 0.421. The molecule has 1 rings (SSSR count). The molecule has 0 amide bonds. The largest absolute Gasteiger partial charge is 0.309 e. The van der Waals surface area contributed by atoms with E-state index < -0.39 is 0 Å². The highest BCUT2D eigenvalue weighted by Gasteiger charge is 2.02. The molecule has 0 aliphatic carbocycles. The summed E-state index contributed by atoms with van der Waals surface area (Å²) in [4.78, 5) is 0. The maximum absolute atomic E-state index is 3.14. The summed E-state index contributed by atoms with van der Waals surface area (Å²) < 4.78 is 0. The highest BCUT2D eigenvalue weighted by atomic mass is 14.9. The molecule has 0 spiro atoms. The maximum Gasteiger partial charge on any atom is 0.0180 e. The molecule has 0 bridgehead atoms. The molecule has 1 heterocycles. The lowest BCUT2D eigenvalue weighted by Crippen LogP contribution is -2.33. The van der Waals surface area contributed by atoms with Crippen molar-refractivity contribution in [3.8, 4) is 0 Å². The molecule has 0 aromatic rings. The van der Waals surface area contributed by atoms with Crippen molar-refractivity contribution < 1.29 is 0 Å². The third-order valence-corrected chi connectivity index (χ3v) is 1.11. The van der Waals surface area contributed by atoms with E-state index in [9.17, 15) is 0 Å². The van der Waals surface area contributed by atoms with E-state index in [-0.39, 0.29) is 0 Å². The Morgan fingerprint density at radius 1 is 1.67 bits per heavy atom. The van der Waals surface area contributed by atoms with Crippen LogP contribution in [0.4, 0.5) is 0 Å². The van der Waals surface area contributed by atoms with Gasteiger partial charge in [0.05, 0.1) is 0 Å². The molecule has 0 aromatic carbocycles. The van der Waals surface area contributed by atoms with Gasteiger partial charge in [0.15, 0.2) is 0 Å². The number of nitrogens with one attached hydrogen (secondary N) is 1. The summed E-state index contributed by atoms with van der Waals surface area (Å²) >= 11 is 0. The SMILES string of the molecule is CC=C1CNC1. The van der Waals surface area contributed by atoms with Gasteiger partial charge in [0.1, 0.15) is 0 Å². The van der Waals surface area contributed by atoms with E-state index >= 15 is 0 Å². The van der Waals surface area contributed by atoms with Gasteiger partial charge in [0.2, 0.25) is 0 Å². The third kappa shape index (κ3) is 0.455. The second kappa shape index (κ2) is 1.43. The fraction of sp³-hybridized carbons (Fsp3) is 0.600. The first-order chi connectivity index (χ1) is 2.93. The zero-order valence-electron chi connectivity index (χ0n) is 3.99. The summed E-state index contributed by atoms with van der Waals surface area (Å²) in [6, 6.07) is 0. The summed E-state index contributed by atoms with van der Waals surface area (Å²) in [5.41, 5.74) is 1.54. The fourth-order valence-electron chi connectivity index (χ4n) is 0.473. The van der Waals surface area contributed by atoms with Crippen molar-refractivity contribution in [1.82, 2.24) is 5.32 Å². The van der Waals surface area contributed by atoms with Crippen LogP contribution in [0.3, 0.4) is 0 Å². The van der Waals surface area contributed by atoms with E-state index in [1.54, 1.807) is 0 Å². The van der Waals surface area contributed by atoms with E-state index in [2.05, 4.69) is 18.3 Å². The molecule has 1 N–H and O–H groups in total. The molecule has 0 atom stereocenters. The Labute approximate surface area is 38.1 Å². The van der Waals surface area contributed by atoms with Crippen molar-refractivity contribution in [2.75, 3.05) is 13.1 Å². The predicted octanol–water partition coefficient (Wildman–Crippen LogP) is 0.536. The van der Waals surface area contributed by atoms with Crippen LogP contribution in [0.2, 0.25) is 0 Å². The molecule has 1 aliphatic heterocycles. The topological polar surface area (TPSA) is 12.0 Å². The molecule has 0 aromatic heterocycles. The van der Waals surface area contributed by atoms with E-state index in [1.165, 1.54) is 5.57 Å². The van der Waals surface area contributed by atoms with Crippen LogP contribution >= 0.6 is 0 Å². The van der Waals surface area contributed by atoms with Crippen molar-refractivity contribution in [2.24, 2.45) is 0 Å².